The van der Waals surface area contributed by atoms with E-state index in [2.05, 4.69) is 17.2 Å². The van der Waals surface area contributed by atoms with Crippen LogP contribution < -0.4 is 5.32 Å². The minimum Gasteiger partial charge on any atom is -0.445 e. The molecule has 0 spiro atoms. The van der Waals surface area contributed by atoms with E-state index in [1.165, 1.54) is 0 Å². The van der Waals surface area contributed by atoms with Crippen LogP contribution >= 0.6 is 0 Å². The highest BCUT2D eigenvalue weighted by molar-refractivity contribution is 5.67. The number of ether oxygens (including phenoxy) is 1. The molecule has 0 saturated heterocycles. The number of halogens is 3. The number of nitro benzene ring substituents is 1. The molecular weight excluding hydrogens is 365 g/mol. The van der Waals surface area contributed by atoms with Crippen molar-refractivity contribution in [1.82, 2.24) is 5.32 Å². The minimum absolute atomic E-state index is 0.0224. The molecule has 0 radical (unpaired) electrons. The number of benzene rings is 2. The van der Waals surface area contributed by atoms with Gasteiger partial charge >= 0.3 is 12.3 Å². The Morgan fingerprint density at radius 2 is 1.89 bits per heavy atom. The van der Waals surface area contributed by atoms with Crippen LogP contribution in [-0.4, -0.2) is 17.6 Å². The maximum Gasteiger partial charge on any atom is 0.422 e. The first-order chi connectivity index (χ1) is 12.8. The summed E-state index contributed by atoms with van der Waals surface area (Å²) in [5, 5.41) is 13.2. The summed E-state index contributed by atoms with van der Waals surface area (Å²) in [5.41, 5.74) is -1.60. The first-order valence-corrected chi connectivity index (χ1v) is 7.56. The molecule has 0 aliphatic heterocycles. The van der Waals surface area contributed by atoms with Gasteiger partial charge in [-0.2, -0.15) is 13.2 Å². The molecule has 0 fully saturated rings. The Hall–Kier alpha value is -3.54. The summed E-state index contributed by atoms with van der Waals surface area (Å²) in [6, 6.07) is 11.3. The molecule has 0 aliphatic rings. The van der Waals surface area contributed by atoms with Gasteiger partial charge in [0, 0.05) is 11.6 Å². The second-order valence-corrected chi connectivity index (χ2v) is 5.20. The number of nitrogens with zero attached hydrogens (tertiary/aromatic N) is 1. The van der Waals surface area contributed by atoms with E-state index in [4.69, 9.17) is 4.74 Å². The zero-order valence-corrected chi connectivity index (χ0v) is 13.7. The number of hydrogen-bond donors (Lipinski definition) is 1. The van der Waals surface area contributed by atoms with Crippen molar-refractivity contribution in [2.24, 2.45) is 0 Å². The molecule has 6 nitrogen and oxygen atoms in total. The lowest BCUT2D eigenvalue weighted by atomic mass is 10.1. The molecular formula is C18H13F3N2O4. The molecule has 140 valence electrons. The van der Waals surface area contributed by atoms with E-state index in [0.29, 0.717) is 6.07 Å². The number of alkyl carbamates (subject to hydrolysis) is 1. The van der Waals surface area contributed by atoms with Gasteiger partial charge in [0.15, 0.2) is 0 Å². The number of carbonyl (C=O) groups is 1. The van der Waals surface area contributed by atoms with Crippen molar-refractivity contribution in [3.05, 3.63) is 75.3 Å². The third-order valence-corrected chi connectivity index (χ3v) is 3.27. The molecule has 0 bridgehead atoms. The molecule has 27 heavy (non-hydrogen) atoms. The second-order valence-electron chi connectivity index (χ2n) is 5.20. The van der Waals surface area contributed by atoms with Gasteiger partial charge in [0.1, 0.15) is 12.2 Å². The van der Waals surface area contributed by atoms with Gasteiger partial charge < -0.3 is 10.1 Å². The zero-order valence-electron chi connectivity index (χ0n) is 13.7. The third kappa shape index (κ3) is 6.04. The van der Waals surface area contributed by atoms with Crippen molar-refractivity contribution in [2.45, 2.75) is 12.8 Å². The van der Waals surface area contributed by atoms with Crippen LogP contribution in [0.25, 0.3) is 0 Å². The number of nitro groups is 1. The average molecular weight is 378 g/mol. The SMILES string of the molecule is O=C(NCC#Cc1ccc(C(F)(F)F)c([N+](=O)[O-])c1)OCc1ccccc1. The molecule has 0 unspecified atom stereocenters. The molecule has 1 N–H and O–H groups in total. The van der Waals surface area contributed by atoms with Crippen molar-refractivity contribution < 1.29 is 27.6 Å². The summed E-state index contributed by atoms with van der Waals surface area (Å²) < 4.78 is 43.1. The number of alkyl halides is 3. The fourth-order valence-corrected chi connectivity index (χ4v) is 2.04. The Morgan fingerprint density at radius 1 is 1.19 bits per heavy atom. The monoisotopic (exact) mass is 378 g/mol. The molecule has 0 atom stereocenters. The number of amides is 1. The maximum absolute atomic E-state index is 12.7. The van der Waals surface area contributed by atoms with E-state index >= 15 is 0 Å². The van der Waals surface area contributed by atoms with Crippen LogP contribution in [0.2, 0.25) is 0 Å². The van der Waals surface area contributed by atoms with Crippen LogP contribution in [0.4, 0.5) is 23.7 Å². The summed E-state index contributed by atoms with van der Waals surface area (Å²) >= 11 is 0. The fraction of sp³-hybridized carbons (Fsp3) is 0.167. The average Bonchev–Trinajstić information content (AvgIpc) is 2.63. The van der Waals surface area contributed by atoms with Gasteiger partial charge in [-0.1, -0.05) is 42.2 Å². The van der Waals surface area contributed by atoms with Crippen LogP contribution in [0.3, 0.4) is 0 Å². The highest BCUT2D eigenvalue weighted by Gasteiger charge is 2.38. The van der Waals surface area contributed by atoms with Crippen molar-refractivity contribution in [2.75, 3.05) is 6.54 Å². The molecule has 0 aromatic heterocycles. The van der Waals surface area contributed by atoms with Gasteiger partial charge in [-0.3, -0.25) is 10.1 Å². The summed E-state index contributed by atoms with van der Waals surface area (Å²) in [7, 11) is 0. The highest BCUT2D eigenvalue weighted by Crippen LogP contribution is 2.36. The first kappa shape index (κ1) is 19.8. The van der Waals surface area contributed by atoms with Crippen molar-refractivity contribution in [3.63, 3.8) is 0 Å². The van der Waals surface area contributed by atoms with Gasteiger partial charge in [-0.25, -0.2) is 4.79 Å². The molecule has 2 aromatic rings. The minimum atomic E-state index is -4.83. The maximum atomic E-state index is 12.7. The molecule has 9 heteroatoms. The Kier molecular flexibility index (Phi) is 6.38. The van der Waals surface area contributed by atoms with Crippen LogP contribution in [-0.2, 0) is 17.5 Å². The van der Waals surface area contributed by atoms with Gasteiger partial charge in [0.2, 0.25) is 0 Å². The molecule has 0 heterocycles. The molecule has 2 aromatic carbocycles. The van der Waals surface area contributed by atoms with E-state index in [0.717, 1.165) is 17.7 Å². The quantitative estimate of drug-likeness (QED) is 0.497. The summed E-state index contributed by atoms with van der Waals surface area (Å²) in [6.07, 6.45) is -5.55. The molecule has 1 amide bonds. The van der Waals surface area contributed by atoms with E-state index < -0.39 is 28.4 Å². The summed E-state index contributed by atoms with van der Waals surface area (Å²) in [6.45, 7) is -0.0619. The predicted octanol–water partition coefficient (Wildman–Crippen LogP) is 3.89. The lowest BCUT2D eigenvalue weighted by Gasteiger charge is -2.07. The van der Waals surface area contributed by atoms with Crippen LogP contribution in [0.5, 0.6) is 0 Å². The van der Waals surface area contributed by atoms with Crippen LogP contribution in [0.1, 0.15) is 16.7 Å². The number of rotatable bonds is 4. The Morgan fingerprint density at radius 3 is 2.52 bits per heavy atom. The largest absolute Gasteiger partial charge is 0.445 e. The fourth-order valence-electron chi connectivity index (χ4n) is 2.04. The van der Waals surface area contributed by atoms with E-state index in [9.17, 15) is 28.1 Å². The number of carbonyl (C=O) groups excluding carboxylic acids is 1. The lowest BCUT2D eigenvalue weighted by Crippen LogP contribution is -2.24. The second kappa shape index (κ2) is 8.71. The molecule has 2 rings (SSSR count). The van der Waals surface area contributed by atoms with Gasteiger partial charge in [-0.05, 0) is 17.7 Å². The number of nitrogens with one attached hydrogen (secondary N) is 1. The van der Waals surface area contributed by atoms with Gasteiger partial charge in [0.25, 0.3) is 5.69 Å². The van der Waals surface area contributed by atoms with Gasteiger partial charge in [0.05, 0.1) is 11.5 Å². The standard InChI is InChI=1S/C18H13F3N2O4/c19-18(20,21)15-9-8-13(11-16(15)23(25)26)7-4-10-22-17(24)27-12-14-5-2-1-3-6-14/h1-3,5-6,8-9,11H,10,12H2,(H,22,24). The van der Waals surface area contributed by atoms with E-state index in [-0.39, 0.29) is 18.7 Å². The predicted molar refractivity (Wildman–Crippen MR) is 89.6 cm³/mol. The summed E-state index contributed by atoms with van der Waals surface area (Å²) in [4.78, 5) is 21.2. The first-order valence-electron chi connectivity index (χ1n) is 7.56. The molecule has 0 saturated carbocycles. The molecule has 0 aliphatic carbocycles. The number of hydrogen-bond acceptors (Lipinski definition) is 4. The van der Waals surface area contributed by atoms with E-state index in [1.807, 2.05) is 6.07 Å². The lowest BCUT2D eigenvalue weighted by molar-refractivity contribution is -0.388. The van der Waals surface area contributed by atoms with E-state index in [1.54, 1.807) is 24.3 Å². The van der Waals surface area contributed by atoms with Gasteiger partial charge in [-0.15, -0.1) is 0 Å². The third-order valence-electron chi connectivity index (χ3n) is 3.27. The summed E-state index contributed by atoms with van der Waals surface area (Å²) in [5.74, 6) is 4.94. The van der Waals surface area contributed by atoms with Crippen molar-refractivity contribution in [3.8, 4) is 11.8 Å². The topological polar surface area (TPSA) is 81.5 Å². The highest BCUT2D eigenvalue weighted by atomic mass is 19.4. The normalized spacial score (nSPS) is 10.5. The van der Waals surface area contributed by atoms with Crippen LogP contribution in [0, 0.1) is 22.0 Å². The Bertz CT molecular complexity index is 887. The van der Waals surface area contributed by atoms with Crippen LogP contribution in [0.15, 0.2) is 48.5 Å². The zero-order chi connectivity index (χ0) is 19.9. The Balaban J connectivity index is 1.92. The van der Waals surface area contributed by atoms with Crippen molar-refractivity contribution >= 4 is 11.8 Å². The van der Waals surface area contributed by atoms with Crippen molar-refractivity contribution in [1.29, 1.82) is 0 Å². The Labute approximate surface area is 152 Å². The smallest absolute Gasteiger partial charge is 0.422 e.